The summed E-state index contributed by atoms with van der Waals surface area (Å²) in [6.07, 6.45) is 0.276. The Morgan fingerprint density at radius 2 is 1.88 bits per heavy atom. The number of likely N-dealkylation sites (N-methyl/N-ethyl adjacent to an activating group) is 1. The molecule has 0 bridgehead atoms. The highest BCUT2D eigenvalue weighted by atomic mass is 79.9. The molecule has 2 nitrogen and oxygen atoms in total. The zero-order valence-electron chi connectivity index (χ0n) is 10.9. The van der Waals surface area contributed by atoms with E-state index in [1.807, 2.05) is 12.1 Å². The Balaban J connectivity index is 2.43. The maximum atomic E-state index is 5.95. The van der Waals surface area contributed by atoms with Crippen LogP contribution >= 0.6 is 15.9 Å². The highest BCUT2D eigenvalue weighted by Gasteiger charge is 2.13. The summed E-state index contributed by atoms with van der Waals surface area (Å²) in [5, 5.41) is 3.34. The number of benzene rings is 1. The molecule has 1 aromatic carbocycles. The molecular weight excluding hydrogens is 278 g/mol. The fraction of sp³-hybridized carbons (Fsp3) is 0.571. The second-order valence-electron chi connectivity index (χ2n) is 4.53. The minimum Gasteiger partial charge on any atom is -0.372 e. The first kappa shape index (κ1) is 14.7. The first-order valence-corrected chi connectivity index (χ1v) is 6.99. The quantitative estimate of drug-likeness (QED) is 0.831. The van der Waals surface area contributed by atoms with Gasteiger partial charge in [-0.1, -0.05) is 48.8 Å². The Hall–Kier alpha value is -0.380. The van der Waals surface area contributed by atoms with Gasteiger partial charge in [0.15, 0.2) is 0 Å². The highest BCUT2D eigenvalue weighted by Crippen LogP contribution is 2.13. The van der Waals surface area contributed by atoms with Crippen LogP contribution in [0.25, 0.3) is 0 Å². The Kier molecular flexibility index (Phi) is 6.78. The van der Waals surface area contributed by atoms with E-state index in [0.717, 1.165) is 17.6 Å². The van der Waals surface area contributed by atoms with Crippen molar-refractivity contribution in [1.29, 1.82) is 0 Å². The van der Waals surface area contributed by atoms with Gasteiger partial charge in [0.05, 0.1) is 12.7 Å². The van der Waals surface area contributed by atoms with Crippen molar-refractivity contribution < 1.29 is 4.74 Å². The largest absolute Gasteiger partial charge is 0.372 e. The maximum absolute atomic E-state index is 5.95. The van der Waals surface area contributed by atoms with Gasteiger partial charge in [0.2, 0.25) is 0 Å². The third-order valence-electron chi connectivity index (χ3n) is 2.72. The van der Waals surface area contributed by atoms with Gasteiger partial charge in [-0.2, -0.15) is 0 Å². The molecule has 0 aliphatic carbocycles. The molecule has 0 saturated heterocycles. The van der Waals surface area contributed by atoms with E-state index in [0.29, 0.717) is 12.5 Å². The van der Waals surface area contributed by atoms with Crippen LogP contribution < -0.4 is 5.32 Å². The topological polar surface area (TPSA) is 21.3 Å². The summed E-state index contributed by atoms with van der Waals surface area (Å²) in [5.41, 5.74) is 1.22. The van der Waals surface area contributed by atoms with Crippen LogP contribution in [0.15, 0.2) is 28.7 Å². The molecule has 1 atom stereocenters. The Labute approximate surface area is 113 Å². The lowest BCUT2D eigenvalue weighted by Gasteiger charge is -2.21. The molecule has 0 saturated carbocycles. The molecule has 0 fully saturated rings. The summed E-state index contributed by atoms with van der Waals surface area (Å²) >= 11 is 3.43. The Morgan fingerprint density at radius 1 is 1.24 bits per heavy atom. The number of hydrogen-bond donors (Lipinski definition) is 1. The molecule has 0 aliphatic rings. The molecular formula is C14H22BrNO. The van der Waals surface area contributed by atoms with Gasteiger partial charge >= 0.3 is 0 Å². The minimum atomic E-state index is 0.276. The standard InChI is InChI=1S/C14H22BrNO/c1-4-16-9-14(11(2)3)17-10-12-5-7-13(15)8-6-12/h5-8,11,14,16H,4,9-10H2,1-3H3. The van der Waals surface area contributed by atoms with Gasteiger partial charge in [-0.25, -0.2) is 0 Å². The number of nitrogens with one attached hydrogen (secondary N) is 1. The first-order valence-electron chi connectivity index (χ1n) is 6.20. The van der Waals surface area contributed by atoms with Gasteiger partial charge in [-0.3, -0.25) is 0 Å². The first-order chi connectivity index (χ1) is 8.13. The van der Waals surface area contributed by atoms with Crippen molar-refractivity contribution in [2.24, 2.45) is 5.92 Å². The zero-order chi connectivity index (χ0) is 12.7. The summed E-state index contributed by atoms with van der Waals surface area (Å²) in [7, 11) is 0. The van der Waals surface area contributed by atoms with Crippen LogP contribution in [-0.2, 0) is 11.3 Å². The maximum Gasteiger partial charge on any atom is 0.0726 e. The highest BCUT2D eigenvalue weighted by molar-refractivity contribution is 9.10. The predicted molar refractivity (Wildman–Crippen MR) is 76.1 cm³/mol. The van der Waals surface area contributed by atoms with Gasteiger partial charge in [0.25, 0.3) is 0 Å². The van der Waals surface area contributed by atoms with Crippen molar-refractivity contribution in [2.75, 3.05) is 13.1 Å². The van der Waals surface area contributed by atoms with Crippen LogP contribution in [0.3, 0.4) is 0 Å². The lowest BCUT2D eigenvalue weighted by molar-refractivity contribution is 0.0117. The number of hydrogen-bond acceptors (Lipinski definition) is 2. The third-order valence-corrected chi connectivity index (χ3v) is 3.25. The van der Waals surface area contributed by atoms with Gasteiger partial charge < -0.3 is 10.1 Å². The van der Waals surface area contributed by atoms with Gasteiger partial charge in [-0.05, 0) is 30.2 Å². The lowest BCUT2D eigenvalue weighted by atomic mass is 10.1. The minimum absolute atomic E-state index is 0.276. The van der Waals surface area contributed by atoms with Crippen LogP contribution in [0.2, 0.25) is 0 Å². The summed E-state index contributed by atoms with van der Waals surface area (Å²) < 4.78 is 7.06. The van der Waals surface area contributed by atoms with E-state index in [9.17, 15) is 0 Å². The zero-order valence-corrected chi connectivity index (χ0v) is 12.5. The van der Waals surface area contributed by atoms with Crippen molar-refractivity contribution in [3.05, 3.63) is 34.3 Å². The molecule has 0 aliphatic heterocycles. The number of ether oxygens (including phenoxy) is 1. The van der Waals surface area contributed by atoms with Gasteiger partial charge in [0.1, 0.15) is 0 Å². The Morgan fingerprint density at radius 3 is 2.41 bits per heavy atom. The van der Waals surface area contributed by atoms with E-state index in [1.54, 1.807) is 0 Å². The monoisotopic (exact) mass is 299 g/mol. The molecule has 1 N–H and O–H groups in total. The molecule has 0 spiro atoms. The normalized spacial score (nSPS) is 13.0. The van der Waals surface area contributed by atoms with E-state index >= 15 is 0 Å². The fourth-order valence-corrected chi connectivity index (χ4v) is 1.82. The van der Waals surface area contributed by atoms with E-state index in [4.69, 9.17) is 4.74 Å². The second-order valence-corrected chi connectivity index (χ2v) is 5.44. The summed E-state index contributed by atoms with van der Waals surface area (Å²) in [6, 6.07) is 8.28. The van der Waals surface area contributed by atoms with Crippen molar-refractivity contribution in [3.8, 4) is 0 Å². The fourth-order valence-electron chi connectivity index (χ4n) is 1.56. The predicted octanol–water partition coefficient (Wildman–Crippen LogP) is 3.60. The second kappa shape index (κ2) is 7.85. The molecule has 96 valence electrons. The van der Waals surface area contributed by atoms with Crippen LogP contribution in [0, 0.1) is 5.92 Å². The lowest BCUT2D eigenvalue weighted by Crippen LogP contribution is -2.32. The van der Waals surface area contributed by atoms with E-state index in [-0.39, 0.29) is 6.10 Å². The van der Waals surface area contributed by atoms with Gasteiger partial charge in [0, 0.05) is 11.0 Å². The molecule has 0 amide bonds. The average Bonchev–Trinajstić information content (AvgIpc) is 2.31. The SMILES string of the molecule is CCNCC(OCc1ccc(Br)cc1)C(C)C. The molecule has 1 aromatic rings. The Bertz CT molecular complexity index is 311. The summed E-state index contributed by atoms with van der Waals surface area (Å²) in [5.74, 6) is 0.532. The average molecular weight is 300 g/mol. The molecule has 1 rings (SSSR count). The van der Waals surface area contributed by atoms with Crippen LogP contribution in [0.4, 0.5) is 0 Å². The van der Waals surface area contributed by atoms with Crippen molar-refractivity contribution in [3.63, 3.8) is 0 Å². The molecule has 1 unspecified atom stereocenters. The molecule has 0 radical (unpaired) electrons. The molecule has 3 heteroatoms. The summed E-state index contributed by atoms with van der Waals surface area (Å²) in [4.78, 5) is 0. The third kappa shape index (κ3) is 5.66. The molecule has 0 heterocycles. The van der Waals surface area contributed by atoms with E-state index in [1.165, 1.54) is 5.56 Å². The van der Waals surface area contributed by atoms with Crippen LogP contribution in [0.1, 0.15) is 26.3 Å². The van der Waals surface area contributed by atoms with E-state index < -0.39 is 0 Å². The van der Waals surface area contributed by atoms with Crippen molar-refractivity contribution >= 4 is 15.9 Å². The number of halogens is 1. The molecule has 17 heavy (non-hydrogen) atoms. The van der Waals surface area contributed by atoms with Crippen LogP contribution in [-0.4, -0.2) is 19.2 Å². The van der Waals surface area contributed by atoms with E-state index in [2.05, 4.69) is 54.2 Å². The number of rotatable bonds is 7. The molecule has 0 aromatic heterocycles. The smallest absolute Gasteiger partial charge is 0.0726 e. The van der Waals surface area contributed by atoms with Crippen molar-refractivity contribution in [1.82, 2.24) is 5.32 Å². The van der Waals surface area contributed by atoms with Crippen molar-refractivity contribution in [2.45, 2.75) is 33.5 Å². The summed E-state index contributed by atoms with van der Waals surface area (Å²) in [6.45, 7) is 9.11. The van der Waals surface area contributed by atoms with Crippen LogP contribution in [0.5, 0.6) is 0 Å². The van der Waals surface area contributed by atoms with Gasteiger partial charge in [-0.15, -0.1) is 0 Å².